The number of fused-ring (bicyclic) bond motifs is 2. The van der Waals surface area contributed by atoms with E-state index in [4.69, 9.17) is 0 Å². The quantitative estimate of drug-likeness (QED) is 0.694. The normalized spacial score (nSPS) is 19.9. The summed E-state index contributed by atoms with van der Waals surface area (Å²) in [6.45, 7) is 0.228. The molecule has 1 amide bonds. The van der Waals surface area contributed by atoms with Crippen LogP contribution in [-0.4, -0.2) is 22.5 Å². The van der Waals surface area contributed by atoms with Crippen molar-refractivity contribution in [2.75, 3.05) is 6.54 Å². The van der Waals surface area contributed by atoms with E-state index in [9.17, 15) is 9.90 Å². The van der Waals surface area contributed by atoms with Gasteiger partial charge in [-0.1, -0.05) is 30.3 Å². The summed E-state index contributed by atoms with van der Waals surface area (Å²) in [4.78, 5) is 15.6. The summed E-state index contributed by atoms with van der Waals surface area (Å²) in [5, 5.41) is 15.0. The minimum Gasteiger partial charge on any atom is -0.383 e. The van der Waals surface area contributed by atoms with Crippen LogP contribution in [0.2, 0.25) is 0 Å². The Labute approximate surface area is 140 Å². The maximum Gasteiger partial charge on any atom is 0.251 e. The van der Waals surface area contributed by atoms with E-state index in [0.717, 1.165) is 29.3 Å². The number of aromatic amines is 1. The fraction of sp³-hybridized carbons (Fsp3) is 0.250. The fourth-order valence-electron chi connectivity index (χ4n) is 3.60. The molecule has 4 heteroatoms. The van der Waals surface area contributed by atoms with Gasteiger partial charge in [0.1, 0.15) is 5.60 Å². The third-order valence-corrected chi connectivity index (χ3v) is 4.91. The van der Waals surface area contributed by atoms with Crippen molar-refractivity contribution >= 4 is 16.8 Å². The minimum absolute atomic E-state index is 0.164. The van der Waals surface area contributed by atoms with Crippen molar-refractivity contribution in [2.45, 2.75) is 24.9 Å². The van der Waals surface area contributed by atoms with Crippen LogP contribution in [0.3, 0.4) is 0 Å². The Kier molecular flexibility index (Phi) is 3.62. The molecule has 0 saturated heterocycles. The second-order valence-electron chi connectivity index (χ2n) is 6.50. The molecule has 1 aromatic heterocycles. The molecule has 1 unspecified atom stereocenters. The number of benzene rings is 2. The Morgan fingerprint density at radius 2 is 2.08 bits per heavy atom. The summed E-state index contributed by atoms with van der Waals surface area (Å²) in [5.41, 5.74) is 2.66. The molecule has 0 aliphatic heterocycles. The van der Waals surface area contributed by atoms with Gasteiger partial charge in [0.25, 0.3) is 5.91 Å². The molecule has 3 N–H and O–H groups in total. The van der Waals surface area contributed by atoms with Crippen molar-refractivity contribution in [2.24, 2.45) is 0 Å². The highest BCUT2D eigenvalue weighted by atomic mass is 16.3. The molecule has 24 heavy (non-hydrogen) atoms. The maximum atomic E-state index is 12.5. The van der Waals surface area contributed by atoms with Crippen LogP contribution in [0.5, 0.6) is 0 Å². The predicted molar refractivity (Wildman–Crippen MR) is 93.9 cm³/mol. The second kappa shape index (κ2) is 5.80. The number of amides is 1. The Bertz CT molecular complexity index is 899. The van der Waals surface area contributed by atoms with Crippen molar-refractivity contribution in [1.82, 2.24) is 10.3 Å². The number of hydrogen-bond donors (Lipinski definition) is 3. The standard InChI is InChI=1S/C20H20N2O2/c23-19(16-8-7-15-9-11-21-18(15)12-16)22-13-20(24)10-3-5-14-4-1-2-6-17(14)20/h1-2,4,6-9,11-12,21,24H,3,5,10,13H2,(H,22,23). The van der Waals surface area contributed by atoms with Crippen molar-refractivity contribution < 1.29 is 9.90 Å². The third-order valence-electron chi connectivity index (χ3n) is 4.91. The molecule has 4 rings (SSSR count). The lowest BCUT2D eigenvalue weighted by atomic mass is 9.79. The summed E-state index contributed by atoms with van der Waals surface area (Å²) in [6.07, 6.45) is 4.43. The number of carbonyl (C=O) groups excluding carboxylic acids is 1. The monoisotopic (exact) mass is 320 g/mol. The van der Waals surface area contributed by atoms with E-state index >= 15 is 0 Å². The Balaban J connectivity index is 1.53. The maximum absolute atomic E-state index is 12.5. The van der Waals surface area contributed by atoms with Crippen molar-refractivity contribution in [3.05, 3.63) is 71.4 Å². The first-order chi connectivity index (χ1) is 11.7. The van der Waals surface area contributed by atoms with Gasteiger partial charge in [0, 0.05) is 17.3 Å². The van der Waals surface area contributed by atoms with Crippen molar-refractivity contribution in [3.8, 4) is 0 Å². The summed E-state index contributed by atoms with van der Waals surface area (Å²) < 4.78 is 0. The first-order valence-electron chi connectivity index (χ1n) is 8.32. The third kappa shape index (κ3) is 2.59. The predicted octanol–water partition coefficient (Wildman–Crippen LogP) is 3.12. The lowest BCUT2D eigenvalue weighted by molar-refractivity contribution is 0.0189. The van der Waals surface area contributed by atoms with Gasteiger partial charge in [-0.2, -0.15) is 0 Å². The second-order valence-corrected chi connectivity index (χ2v) is 6.50. The number of carbonyl (C=O) groups is 1. The molecule has 0 radical (unpaired) electrons. The van der Waals surface area contributed by atoms with Gasteiger partial charge in [0.05, 0.1) is 6.54 Å². The van der Waals surface area contributed by atoms with Gasteiger partial charge < -0.3 is 15.4 Å². The summed E-state index contributed by atoms with van der Waals surface area (Å²) in [6, 6.07) is 15.5. The van der Waals surface area contributed by atoms with Crippen molar-refractivity contribution in [1.29, 1.82) is 0 Å². The number of aryl methyl sites for hydroxylation is 1. The van der Waals surface area contributed by atoms with E-state index in [2.05, 4.69) is 16.4 Å². The van der Waals surface area contributed by atoms with Gasteiger partial charge in [-0.3, -0.25) is 4.79 Å². The van der Waals surface area contributed by atoms with E-state index in [1.54, 1.807) is 0 Å². The van der Waals surface area contributed by atoms with E-state index < -0.39 is 5.60 Å². The average molecular weight is 320 g/mol. The van der Waals surface area contributed by atoms with Crippen LogP contribution < -0.4 is 5.32 Å². The Hall–Kier alpha value is -2.59. The highest BCUT2D eigenvalue weighted by Gasteiger charge is 2.34. The van der Waals surface area contributed by atoms with Gasteiger partial charge in [-0.15, -0.1) is 0 Å². The molecule has 0 bridgehead atoms. The van der Waals surface area contributed by atoms with E-state index in [1.165, 1.54) is 5.56 Å². The number of hydrogen-bond acceptors (Lipinski definition) is 2. The summed E-state index contributed by atoms with van der Waals surface area (Å²) in [5.74, 6) is -0.164. The molecule has 4 nitrogen and oxygen atoms in total. The van der Waals surface area contributed by atoms with Crippen LogP contribution in [0.15, 0.2) is 54.7 Å². The number of rotatable bonds is 3. The summed E-state index contributed by atoms with van der Waals surface area (Å²) in [7, 11) is 0. The number of aromatic nitrogens is 1. The lowest BCUT2D eigenvalue weighted by Gasteiger charge is -2.34. The number of aliphatic hydroxyl groups is 1. The van der Waals surface area contributed by atoms with E-state index in [1.807, 2.05) is 48.7 Å². The molecule has 3 aromatic rings. The Morgan fingerprint density at radius 1 is 1.21 bits per heavy atom. The first-order valence-corrected chi connectivity index (χ1v) is 8.32. The summed E-state index contributed by atoms with van der Waals surface area (Å²) >= 11 is 0. The molecule has 0 saturated carbocycles. The molecule has 1 heterocycles. The molecular formula is C20H20N2O2. The average Bonchev–Trinajstić information content (AvgIpc) is 3.08. The largest absolute Gasteiger partial charge is 0.383 e. The molecule has 122 valence electrons. The molecular weight excluding hydrogens is 300 g/mol. The van der Waals surface area contributed by atoms with E-state index in [0.29, 0.717) is 12.0 Å². The highest BCUT2D eigenvalue weighted by Crippen LogP contribution is 2.34. The van der Waals surface area contributed by atoms with Crippen LogP contribution in [0.4, 0.5) is 0 Å². The highest BCUT2D eigenvalue weighted by molar-refractivity contribution is 5.97. The zero-order chi connectivity index (χ0) is 16.6. The van der Waals surface area contributed by atoms with E-state index in [-0.39, 0.29) is 12.5 Å². The number of H-pyrrole nitrogens is 1. The molecule has 1 atom stereocenters. The molecule has 1 aliphatic rings. The topological polar surface area (TPSA) is 65.1 Å². The van der Waals surface area contributed by atoms with Gasteiger partial charge in [-0.05, 0) is 54.0 Å². The zero-order valence-corrected chi connectivity index (χ0v) is 13.4. The minimum atomic E-state index is -0.985. The van der Waals surface area contributed by atoms with Gasteiger partial charge in [0.15, 0.2) is 0 Å². The van der Waals surface area contributed by atoms with Crippen molar-refractivity contribution in [3.63, 3.8) is 0 Å². The van der Waals surface area contributed by atoms with Crippen LogP contribution >= 0.6 is 0 Å². The molecule has 2 aromatic carbocycles. The first kappa shape index (κ1) is 15.0. The smallest absolute Gasteiger partial charge is 0.251 e. The Morgan fingerprint density at radius 3 is 3.00 bits per heavy atom. The van der Waals surface area contributed by atoms with Crippen LogP contribution in [-0.2, 0) is 12.0 Å². The van der Waals surface area contributed by atoms with Crippen LogP contribution in [0.25, 0.3) is 10.9 Å². The van der Waals surface area contributed by atoms with Gasteiger partial charge in [-0.25, -0.2) is 0 Å². The molecule has 0 fully saturated rings. The fourth-order valence-corrected chi connectivity index (χ4v) is 3.60. The molecule has 0 spiro atoms. The van der Waals surface area contributed by atoms with Crippen LogP contribution in [0.1, 0.15) is 34.3 Å². The van der Waals surface area contributed by atoms with Gasteiger partial charge in [0.2, 0.25) is 0 Å². The number of nitrogens with one attached hydrogen (secondary N) is 2. The van der Waals surface area contributed by atoms with Crippen LogP contribution in [0, 0.1) is 0 Å². The van der Waals surface area contributed by atoms with Gasteiger partial charge >= 0.3 is 0 Å². The lowest BCUT2D eigenvalue weighted by Crippen LogP contribution is -2.43. The zero-order valence-electron chi connectivity index (χ0n) is 13.4. The molecule has 1 aliphatic carbocycles. The SMILES string of the molecule is O=C(NCC1(O)CCCc2ccccc21)c1ccc2cc[nH]c2c1.